The molecule has 2 aromatic heterocycles. The standard InChI is InChI=1S/C14H10ClN3O2.ClH/c15-9-3-4-11-12(6-9)16-13(17-14(11)20)8-18-5-1-2-10(19)7-18;/h1-7H,8H2,(H-,16,17,19,20);1H. The van der Waals surface area contributed by atoms with Gasteiger partial charge in [0.2, 0.25) is 12.7 Å². The van der Waals surface area contributed by atoms with Crippen molar-refractivity contribution in [3.63, 3.8) is 0 Å². The van der Waals surface area contributed by atoms with E-state index in [1.165, 1.54) is 0 Å². The summed E-state index contributed by atoms with van der Waals surface area (Å²) in [6.45, 7) is 0.353. The normalized spacial score (nSPS) is 10.3. The van der Waals surface area contributed by atoms with Gasteiger partial charge in [-0.15, -0.1) is 0 Å². The van der Waals surface area contributed by atoms with Crippen LogP contribution in [0.15, 0.2) is 47.5 Å². The molecule has 3 rings (SSSR count). The molecule has 0 bridgehead atoms. The molecule has 2 heterocycles. The van der Waals surface area contributed by atoms with E-state index in [9.17, 15) is 9.90 Å². The Kier molecular flexibility index (Phi) is 4.45. The predicted molar refractivity (Wildman–Crippen MR) is 74.8 cm³/mol. The molecule has 5 nitrogen and oxygen atoms in total. The van der Waals surface area contributed by atoms with Crippen LogP contribution in [0.25, 0.3) is 10.9 Å². The molecule has 0 amide bonds. The topological polar surface area (TPSA) is 69.9 Å². The number of hydrogen-bond donors (Lipinski definition) is 2. The number of pyridine rings is 1. The SMILES string of the molecule is O=c1[nH]c(C[n+]2cccc(O)c2)nc2cc(Cl)ccc12.[Cl-]. The molecule has 1 aromatic carbocycles. The highest BCUT2D eigenvalue weighted by Gasteiger charge is 2.09. The summed E-state index contributed by atoms with van der Waals surface area (Å²) >= 11 is 5.91. The second-order valence-electron chi connectivity index (χ2n) is 4.41. The molecule has 3 aromatic rings. The lowest BCUT2D eigenvalue weighted by atomic mass is 10.2. The molecule has 2 N–H and O–H groups in total. The van der Waals surface area contributed by atoms with Crippen LogP contribution in [0.3, 0.4) is 0 Å². The molecule has 0 saturated carbocycles. The number of halogens is 2. The predicted octanol–water partition coefficient (Wildman–Crippen LogP) is -1.38. The minimum atomic E-state index is -0.206. The van der Waals surface area contributed by atoms with Gasteiger partial charge < -0.3 is 22.5 Å². The van der Waals surface area contributed by atoms with Gasteiger partial charge in [0.25, 0.3) is 5.56 Å². The summed E-state index contributed by atoms with van der Waals surface area (Å²) in [5.74, 6) is 0.652. The fraction of sp³-hybridized carbons (Fsp3) is 0.0714. The largest absolute Gasteiger partial charge is 1.00 e. The summed E-state index contributed by atoms with van der Waals surface area (Å²) in [6.07, 6.45) is 3.34. The zero-order valence-electron chi connectivity index (χ0n) is 10.8. The Morgan fingerprint density at radius 2 is 2.14 bits per heavy atom. The van der Waals surface area contributed by atoms with Crippen molar-refractivity contribution in [2.75, 3.05) is 0 Å². The van der Waals surface area contributed by atoms with E-state index in [-0.39, 0.29) is 23.7 Å². The van der Waals surface area contributed by atoms with Gasteiger partial charge in [0.05, 0.1) is 10.9 Å². The van der Waals surface area contributed by atoms with Crippen molar-refractivity contribution in [1.82, 2.24) is 9.97 Å². The summed E-state index contributed by atoms with van der Waals surface area (Å²) in [6, 6.07) is 8.25. The highest BCUT2D eigenvalue weighted by atomic mass is 35.5. The first kappa shape index (κ1) is 15.3. The highest BCUT2D eigenvalue weighted by Crippen LogP contribution is 2.14. The number of rotatable bonds is 2. The number of aromatic hydroxyl groups is 1. The maximum atomic E-state index is 12.0. The third-order valence-electron chi connectivity index (χ3n) is 2.89. The van der Waals surface area contributed by atoms with Gasteiger partial charge in [0.15, 0.2) is 17.8 Å². The van der Waals surface area contributed by atoms with Gasteiger partial charge in [-0.05, 0) is 24.3 Å². The number of nitrogens with zero attached hydrogens (tertiary/aromatic N) is 2. The quantitative estimate of drug-likeness (QED) is 0.571. The summed E-state index contributed by atoms with van der Waals surface area (Å²) < 4.78 is 1.73. The monoisotopic (exact) mass is 323 g/mol. The number of hydrogen-bond acceptors (Lipinski definition) is 3. The second kappa shape index (κ2) is 6.11. The van der Waals surface area contributed by atoms with Crippen LogP contribution in [0.4, 0.5) is 0 Å². The van der Waals surface area contributed by atoms with Gasteiger partial charge in [-0.2, -0.15) is 4.57 Å². The fourth-order valence-electron chi connectivity index (χ4n) is 2.02. The number of aromatic amines is 1. The van der Waals surface area contributed by atoms with Gasteiger partial charge in [-0.3, -0.25) is 4.79 Å². The van der Waals surface area contributed by atoms with Gasteiger partial charge in [-0.1, -0.05) is 11.6 Å². The first-order valence-electron chi connectivity index (χ1n) is 5.98. The summed E-state index contributed by atoms with van der Waals surface area (Å²) in [5.41, 5.74) is 0.347. The molecule has 7 heteroatoms. The molecule has 0 fully saturated rings. The average molecular weight is 324 g/mol. The third kappa shape index (κ3) is 3.32. The van der Waals surface area contributed by atoms with Crippen molar-refractivity contribution >= 4 is 22.5 Å². The summed E-state index contributed by atoms with van der Waals surface area (Å²) in [5, 5.41) is 10.5. The lowest BCUT2D eigenvalue weighted by Crippen LogP contribution is -3.00. The Hall–Kier alpha value is -2.11. The Balaban J connectivity index is 0.00000161. The first-order valence-corrected chi connectivity index (χ1v) is 6.36. The van der Waals surface area contributed by atoms with Gasteiger partial charge >= 0.3 is 0 Å². The molecular formula is C14H11Cl2N3O2. The van der Waals surface area contributed by atoms with E-state index in [4.69, 9.17) is 11.6 Å². The summed E-state index contributed by atoms with van der Waals surface area (Å²) in [7, 11) is 0. The Morgan fingerprint density at radius 3 is 2.90 bits per heavy atom. The van der Waals surface area contributed by atoms with E-state index in [0.717, 1.165) is 0 Å². The van der Waals surface area contributed by atoms with Crippen LogP contribution < -0.4 is 22.5 Å². The Labute approximate surface area is 131 Å². The van der Waals surface area contributed by atoms with Crippen molar-refractivity contribution in [3.05, 3.63) is 63.9 Å². The summed E-state index contributed by atoms with van der Waals surface area (Å²) in [4.78, 5) is 19.1. The van der Waals surface area contributed by atoms with Crippen molar-refractivity contribution in [2.45, 2.75) is 6.54 Å². The molecule has 0 radical (unpaired) electrons. The van der Waals surface area contributed by atoms with Crippen LogP contribution in [-0.2, 0) is 6.54 Å². The number of aromatic nitrogens is 3. The third-order valence-corrected chi connectivity index (χ3v) is 3.13. The van der Waals surface area contributed by atoms with E-state index < -0.39 is 0 Å². The molecule has 21 heavy (non-hydrogen) atoms. The zero-order chi connectivity index (χ0) is 14.1. The second-order valence-corrected chi connectivity index (χ2v) is 4.85. The molecular weight excluding hydrogens is 313 g/mol. The maximum absolute atomic E-state index is 12.0. The average Bonchev–Trinajstić information content (AvgIpc) is 2.38. The van der Waals surface area contributed by atoms with Crippen molar-refractivity contribution < 1.29 is 22.1 Å². The van der Waals surface area contributed by atoms with E-state index in [1.54, 1.807) is 47.3 Å². The molecule has 108 valence electrons. The van der Waals surface area contributed by atoms with Crippen molar-refractivity contribution in [3.8, 4) is 5.75 Å². The Bertz CT molecular complexity index is 849. The van der Waals surface area contributed by atoms with E-state index in [0.29, 0.717) is 28.3 Å². The number of nitrogens with one attached hydrogen (secondary N) is 1. The zero-order valence-corrected chi connectivity index (χ0v) is 12.3. The number of fused-ring (bicyclic) bond motifs is 1. The highest BCUT2D eigenvalue weighted by molar-refractivity contribution is 6.31. The van der Waals surface area contributed by atoms with Crippen LogP contribution in [0.2, 0.25) is 5.02 Å². The lowest BCUT2D eigenvalue weighted by molar-refractivity contribution is -0.689. The van der Waals surface area contributed by atoms with Crippen LogP contribution in [0.1, 0.15) is 5.82 Å². The van der Waals surface area contributed by atoms with Crippen LogP contribution in [-0.4, -0.2) is 15.1 Å². The van der Waals surface area contributed by atoms with Crippen LogP contribution >= 0.6 is 11.6 Å². The van der Waals surface area contributed by atoms with Crippen molar-refractivity contribution in [2.24, 2.45) is 0 Å². The number of benzene rings is 1. The molecule has 0 saturated heterocycles. The fourth-order valence-corrected chi connectivity index (χ4v) is 2.18. The molecule has 0 spiro atoms. The Morgan fingerprint density at radius 1 is 1.33 bits per heavy atom. The molecule has 0 unspecified atom stereocenters. The maximum Gasteiger partial charge on any atom is 0.258 e. The van der Waals surface area contributed by atoms with Crippen LogP contribution in [0, 0.1) is 0 Å². The minimum Gasteiger partial charge on any atom is -1.00 e. The van der Waals surface area contributed by atoms with E-state index in [1.807, 2.05) is 0 Å². The van der Waals surface area contributed by atoms with E-state index in [2.05, 4.69) is 9.97 Å². The van der Waals surface area contributed by atoms with Gasteiger partial charge in [-0.25, -0.2) is 4.98 Å². The molecule has 0 aliphatic carbocycles. The minimum absolute atomic E-state index is 0. The first-order chi connectivity index (χ1) is 9.61. The van der Waals surface area contributed by atoms with E-state index >= 15 is 0 Å². The molecule has 0 atom stereocenters. The smallest absolute Gasteiger partial charge is 0.258 e. The van der Waals surface area contributed by atoms with Crippen LogP contribution in [0.5, 0.6) is 5.75 Å². The lowest BCUT2D eigenvalue weighted by Gasteiger charge is -2.01. The number of H-pyrrole nitrogens is 1. The van der Waals surface area contributed by atoms with Gasteiger partial charge in [0.1, 0.15) is 0 Å². The molecule has 0 aliphatic heterocycles. The van der Waals surface area contributed by atoms with Crippen molar-refractivity contribution in [1.29, 1.82) is 0 Å². The molecule has 0 aliphatic rings. The van der Waals surface area contributed by atoms with Gasteiger partial charge in [0, 0.05) is 11.1 Å².